The molecule has 5 atom stereocenters. The smallest absolute Gasteiger partial charge is 0.311 e. The molecule has 7 N–H and O–H groups in total. The maximum absolute atomic E-state index is 12.9. The van der Waals surface area contributed by atoms with E-state index in [2.05, 4.69) is 16.0 Å². The van der Waals surface area contributed by atoms with E-state index in [1.165, 1.54) is 24.3 Å². The summed E-state index contributed by atoms with van der Waals surface area (Å²) in [5, 5.41) is 48.4. The van der Waals surface area contributed by atoms with Crippen molar-refractivity contribution in [1.82, 2.24) is 15.5 Å². The number of hydrogen-bond donors (Lipinski definition) is 7. The zero-order valence-corrected chi connectivity index (χ0v) is 34.6. The molecule has 1 saturated carbocycles. The number of amides is 5. The number of rotatable bonds is 27. The molecule has 1 heterocycles. The predicted molar refractivity (Wildman–Crippen MR) is 212 cm³/mol. The monoisotopic (exact) mass is 866 g/mol. The minimum absolute atomic E-state index is 0.00481. The highest BCUT2D eigenvalue weighted by atomic mass is 16.6. The van der Waals surface area contributed by atoms with E-state index in [4.69, 9.17) is 28.4 Å². The highest BCUT2D eigenvalue weighted by Gasteiger charge is 2.47. The van der Waals surface area contributed by atoms with Gasteiger partial charge in [-0.2, -0.15) is 0 Å². The van der Waals surface area contributed by atoms with Crippen LogP contribution >= 0.6 is 0 Å². The highest BCUT2D eigenvalue weighted by Crippen LogP contribution is 2.34. The number of aliphatic carboxylic acids is 1. The number of carbonyl (C=O) groups is 7. The molecular weight excluding hydrogens is 808 g/mol. The molecule has 3 rings (SSSR count). The second-order valence-electron chi connectivity index (χ2n) is 15.1. The minimum Gasteiger partial charge on any atom is -0.485 e. The molecular formula is C40H58N4O17. The Bertz CT molecular complexity index is 1660. The van der Waals surface area contributed by atoms with Crippen molar-refractivity contribution in [3.05, 3.63) is 35.9 Å². The lowest BCUT2D eigenvalue weighted by Gasteiger charge is -2.38. The molecule has 5 amide bonds. The third-order valence-electron chi connectivity index (χ3n) is 9.17. The van der Waals surface area contributed by atoms with Gasteiger partial charge in [0.1, 0.15) is 30.7 Å². The lowest BCUT2D eigenvalue weighted by Crippen LogP contribution is -2.57. The number of nitrogens with one attached hydrogen (secondary N) is 3. The molecule has 1 aromatic carbocycles. The Morgan fingerprint density at radius 2 is 1.30 bits per heavy atom. The summed E-state index contributed by atoms with van der Waals surface area (Å²) >= 11 is 0. The van der Waals surface area contributed by atoms with Crippen LogP contribution in [0.2, 0.25) is 0 Å². The summed E-state index contributed by atoms with van der Waals surface area (Å²) in [6.45, 7) is 7.33. The van der Waals surface area contributed by atoms with Gasteiger partial charge in [0, 0.05) is 57.5 Å². The van der Waals surface area contributed by atoms with Crippen LogP contribution in [0, 0.1) is 11.3 Å². The van der Waals surface area contributed by atoms with E-state index >= 15 is 0 Å². The molecule has 21 heteroatoms. The van der Waals surface area contributed by atoms with E-state index in [1.807, 2.05) is 0 Å². The number of imide groups is 1. The van der Waals surface area contributed by atoms with Crippen LogP contribution in [0.3, 0.4) is 0 Å². The van der Waals surface area contributed by atoms with Crippen molar-refractivity contribution in [3.63, 3.8) is 0 Å². The maximum Gasteiger partial charge on any atom is 0.311 e. The first-order valence-corrected chi connectivity index (χ1v) is 19.9. The van der Waals surface area contributed by atoms with E-state index in [0.717, 1.165) is 4.90 Å². The van der Waals surface area contributed by atoms with Gasteiger partial charge in [-0.1, -0.05) is 6.07 Å². The molecule has 1 aliphatic heterocycles. The number of hydrogen-bond acceptors (Lipinski definition) is 16. The highest BCUT2D eigenvalue weighted by molar-refractivity contribution is 6.13. The fraction of sp³-hybridized carbons (Fsp3) is 0.625. The number of carboxylic acids is 1. The normalized spacial score (nSPS) is 20.0. The molecule has 1 aromatic rings. The Balaban J connectivity index is 1.27. The third kappa shape index (κ3) is 17.8. The average Bonchev–Trinajstić information content (AvgIpc) is 3.53. The Labute approximate surface area is 353 Å². The molecule has 1 fully saturated rings. The Morgan fingerprint density at radius 1 is 0.721 bits per heavy atom. The molecule has 0 radical (unpaired) electrons. The summed E-state index contributed by atoms with van der Waals surface area (Å²) in [4.78, 5) is 85.1. The predicted octanol–water partition coefficient (Wildman–Crippen LogP) is -0.957. The summed E-state index contributed by atoms with van der Waals surface area (Å²) in [7, 11) is 0. The van der Waals surface area contributed by atoms with Crippen molar-refractivity contribution < 1.29 is 82.4 Å². The van der Waals surface area contributed by atoms with Gasteiger partial charge < -0.3 is 64.8 Å². The van der Waals surface area contributed by atoms with Crippen LogP contribution in [0.15, 0.2) is 30.4 Å². The van der Waals surface area contributed by atoms with Gasteiger partial charge in [-0.25, -0.2) is 0 Å². The van der Waals surface area contributed by atoms with Crippen molar-refractivity contribution in [1.29, 1.82) is 0 Å². The van der Waals surface area contributed by atoms with Crippen LogP contribution in [0.1, 0.15) is 52.0 Å². The van der Waals surface area contributed by atoms with Crippen LogP contribution in [-0.2, 0) is 63.9 Å². The summed E-state index contributed by atoms with van der Waals surface area (Å²) < 4.78 is 32.9. The fourth-order valence-electron chi connectivity index (χ4n) is 5.71. The van der Waals surface area contributed by atoms with E-state index in [-0.39, 0.29) is 102 Å². The fourth-order valence-corrected chi connectivity index (χ4v) is 5.71. The molecule has 21 nitrogen and oxygen atoms in total. The summed E-state index contributed by atoms with van der Waals surface area (Å²) in [6, 6.07) is 4.45. The summed E-state index contributed by atoms with van der Waals surface area (Å²) in [6.07, 6.45) is -4.56. The second-order valence-corrected chi connectivity index (χ2v) is 15.1. The van der Waals surface area contributed by atoms with Crippen LogP contribution in [-0.4, -0.2) is 164 Å². The van der Waals surface area contributed by atoms with Crippen molar-refractivity contribution in [2.75, 3.05) is 77.8 Å². The topological polar surface area (TPSA) is 295 Å². The van der Waals surface area contributed by atoms with Crippen molar-refractivity contribution >= 4 is 47.2 Å². The number of nitrogens with zero attached hydrogens (tertiary/aromatic N) is 1. The quantitative estimate of drug-likeness (QED) is 0.0318. The van der Waals surface area contributed by atoms with Crippen molar-refractivity contribution in [3.8, 4) is 5.75 Å². The number of carboxylic acid groups (broad SMARTS) is 1. The third-order valence-corrected chi connectivity index (χ3v) is 9.17. The summed E-state index contributed by atoms with van der Waals surface area (Å²) in [5.74, 6) is -5.31. The van der Waals surface area contributed by atoms with Crippen LogP contribution in [0.4, 0.5) is 5.69 Å². The van der Waals surface area contributed by atoms with E-state index in [0.29, 0.717) is 32.0 Å². The number of aliphatic hydroxyl groups is 3. The molecule has 0 unspecified atom stereocenters. The maximum atomic E-state index is 12.9. The van der Waals surface area contributed by atoms with Crippen LogP contribution in [0.25, 0.3) is 0 Å². The van der Waals surface area contributed by atoms with Crippen molar-refractivity contribution in [2.45, 2.75) is 77.5 Å². The molecule has 61 heavy (non-hydrogen) atoms. The molecule has 0 aromatic heterocycles. The van der Waals surface area contributed by atoms with Crippen LogP contribution < -0.4 is 20.7 Å². The average molecular weight is 867 g/mol. The van der Waals surface area contributed by atoms with Gasteiger partial charge in [0.25, 0.3) is 11.8 Å². The largest absolute Gasteiger partial charge is 0.485 e. The first-order chi connectivity index (χ1) is 29.0. The van der Waals surface area contributed by atoms with E-state index in [1.54, 1.807) is 26.8 Å². The van der Waals surface area contributed by atoms with Gasteiger partial charge in [-0.3, -0.25) is 38.5 Å². The zero-order chi connectivity index (χ0) is 45.0. The van der Waals surface area contributed by atoms with E-state index < -0.39 is 65.4 Å². The molecule has 0 saturated heterocycles. The van der Waals surface area contributed by atoms with Gasteiger partial charge in [-0.05, 0) is 38.5 Å². The first kappa shape index (κ1) is 50.3. The van der Waals surface area contributed by atoms with Gasteiger partial charge in [0.2, 0.25) is 17.7 Å². The Kier molecular flexibility index (Phi) is 21.2. The second kappa shape index (κ2) is 25.7. The zero-order valence-electron chi connectivity index (χ0n) is 34.6. The lowest BCUT2D eigenvalue weighted by atomic mass is 9.80. The first-order valence-electron chi connectivity index (χ1n) is 19.9. The van der Waals surface area contributed by atoms with Gasteiger partial charge in [0.15, 0.2) is 0 Å². The van der Waals surface area contributed by atoms with Crippen molar-refractivity contribution in [2.24, 2.45) is 11.3 Å². The molecule has 0 spiro atoms. The molecule has 340 valence electrons. The molecule has 2 aliphatic rings. The number of esters is 1. The Hall–Kier alpha value is -5.03. The number of anilines is 1. The van der Waals surface area contributed by atoms with Crippen LogP contribution in [0.5, 0.6) is 5.75 Å². The standard InChI is InChI=1S/C40H58N4O17/c1-40(2,3)39(55)60-24-25-4-5-28(61-29-23-26(38(53)54)35(50)37(52)36(29)51)27(22-25)43-32(47)8-11-41-31(46)10-14-56-16-18-58-20-21-59-19-17-57-15-12-42-30(45)9-13-44-33(48)6-7-34(44)49/h4-7,22,26,29,35-37,50-52H,8-21,23-24H2,1-3H3,(H,41,46)(H,42,45)(H,43,47)(H,53,54)/t26-,29+,35+,36-,37-/m0/s1. The van der Waals surface area contributed by atoms with E-state index in [9.17, 15) is 54.0 Å². The lowest BCUT2D eigenvalue weighted by molar-refractivity contribution is -0.174. The summed E-state index contributed by atoms with van der Waals surface area (Å²) in [5.41, 5.74) is -0.197. The van der Waals surface area contributed by atoms with Gasteiger partial charge >= 0.3 is 11.9 Å². The molecule has 0 bridgehead atoms. The van der Waals surface area contributed by atoms with Gasteiger partial charge in [-0.15, -0.1) is 0 Å². The number of ether oxygens (including phenoxy) is 6. The number of aliphatic hydroxyl groups excluding tert-OH is 3. The number of carbonyl (C=O) groups excluding carboxylic acids is 6. The SMILES string of the molecule is CC(C)(C)C(=O)OCc1ccc(O[C@@H]2C[C@H](C(=O)O)[C@@H](O)[C@H](O)[C@H]2O)c(NC(=O)CCNC(=O)CCOCCOCCOCCOCCNC(=O)CCN2C(=O)C=CC2=O)c1. The van der Waals surface area contributed by atoms with Gasteiger partial charge in [0.05, 0.1) is 76.0 Å². The molecule has 1 aliphatic carbocycles. The minimum atomic E-state index is -1.80. The number of benzene rings is 1. The Morgan fingerprint density at radius 3 is 1.90 bits per heavy atom.